The molecule has 1 amide bonds. The smallest absolute Gasteiger partial charge is 0.224 e. The molecule has 0 saturated heterocycles. The average Bonchev–Trinajstić information content (AvgIpc) is 2.51. The van der Waals surface area contributed by atoms with Gasteiger partial charge in [0.2, 0.25) is 5.91 Å². The lowest BCUT2D eigenvalue weighted by molar-refractivity contribution is -0.121. The highest BCUT2D eigenvalue weighted by molar-refractivity contribution is 5.78. The molecule has 0 spiro atoms. The molecule has 2 aromatic carbocycles. The van der Waals surface area contributed by atoms with Crippen molar-refractivity contribution < 1.29 is 13.9 Å². The molecule has 122 valence electrons. The molecule has 0 saturated carbocycles. The Morgan fingerprint density at radius 2 is 1.83 bits per heavy atom. The van der Waals surface area contributed by atoms with Crippen LogP contribution in [0.15, 0.2) is 42.5 Å². The van der Waals surface area contributed by atoms with Crippen molar-refractivity contribution in [3.63, 3.8) is 0 Å². The lowest BCUT2D eigenvalue weighted by Crippen LogP contribution is -2.37. The first-order chi connectivity index (χ1) is 10.9. The van der Waals surface area contributed by atoms with Crippen LogP contribution in [-0.4, -0.2) is 18.6 Å². The van der Waals surface area contributed by atoms with Crippen molar-refractivity contribution in [2.45, 2.75) is 33.2 Å². The normalized spacial score (nSPS) is 11.8. The van der Waals surface area contributed by atoms with Crippen LogP contribution in [-0.2, 0) is 11.2 Å². The number of carbonyl (C=O) groups is 1. The molecule has 0 bridgehead atoms. The highest BCUT2D eigenvalue weighted by atomic mass is 19.1. The van der Waals surface area contributed by atoms with Crippen molar-refractivity contribution in [3.05, 3.63) is 65.0 Å². The predicted octanol–water partition coefficient (Wildman–Crippen LogP) is 3.57. The summed E-state index contributed by atoms with van der Waals surface area (Å²) in [6, 6.07) is 11.8. The van der Waals surface area contributed by atoms with Gasteiger partial charge in [-0.15, -0.1) is 0 Å². The number of aryl methyl sites for hydroxylation is 2. The summed E-state index contributed by atoms with van der Waals surface area (Å²) in [5, 5.41) is 2.88. The van der Waals surface area contributed by atoms with Gasteiger partial charge in [-0.25, -0.2) is 4.39 Å². The third-order valence-electron chi connectivity index (χ3n) is 3.66. The summed E-state index contributed by atoms with van der Waals surface area (Å²) >= 11 is 0. The predicted molar refractivity (Wildman–Crippen MR) is 89.1 cm³/mol. The molecule has 0 aliphatic rings. The summed E-state index contributed by atoms with van der Waals surface area (Å²) in [6.45, 7) is 6.38. The summed E-state index contributed by atoms with van der Waals surface area (Å²) in [7, 11) is 0. The van der Waals surface area contributed by atoms with Crippen LogP contribution in [0, 0.1) is 19.7 Å². The van der Waals surface area contributed by atoms with Crippen molar-refractivity contribution >= 4 is 5.91 Å². The fourth-order valence-corrected chi connectivity index (χ4v) is 2.18. The van der Waals surface area contributed by atoms with Crippen LogP contribution in [0.4, 0.5) is 4.39 Å². The summed E-state index contributed by atoms with van der Waals surface area (Å²) in [5.74, 6) is 0.393. The number of halogens is 1. The fourth-order valence-electron chi connectivity index (χ4n) is 2.18. The molecule has 4 heteroatoms. The highest BCUT2D eigenvalue weighted by Crippen LogP contribution is 2.16. The number of benzene rings is 2. The largest absolute Gasteiger partial charge is 0.491 e. The van der Waals surface area contributed by atoms with Gasteiger partial charge < -0.3 is 10.1 Å². The minimum absolute atomic E-state index is 0.104. The summed E-state index contributed by atoms with van der Waals surface area (Å²) in [5.41, 5.74) is 3.18. The Hall–Kier alpha value is -2.36. The van der Waals surface area contributed by atoms with E-state index in [4.69, 9.17) is 4.74 Å². The molecule has 1 unspecified atom stereocenters. The van der Waals surface area contributed by atoms with Crippen LogP contribution >= 0.6 is 0 Å². The van der Waals surface area contributed by atoms with Gasteiger partial charge in [-0.1, -0.05) is 18.2 Å². The van der Waals surface area contributed by atoms with Crippen LogP contribution in [0.1, 0.15) is 23.6 Å². The molecule has 0 aliphatic carbocycles. The molecule has 0 aliphatic heterocycles. The molecule has 1 N–H and O–H groups in total. The maximum atomic E-state index is 12.8. The maximum Gasteiger partial charge on any atom is 0.224 e. The number of carbonyl (C=O) groups excluding carboxylic acids is 1. The Morgan fingerprint density at radius 1 is 1.13 bits per heavy atom. The van der Waals surface area contributed by atoms with E-state index in [-0.39, 0.29) is 24.2 Å². The lowest BCUT2D eigenvalue weighted by atomic mass is 10.1. The van der Waals surface area contributed by atoms with Crippen molar-refractivity contribution in [2.75, 3.05) is 6.61 Å². The number of ether oxygens (including phenoxy) is 1. The van der Waals surface area contributed by atoms with Gasteiger partial charge in [0.1, 0.15) is 18.2 Å². The van der Waals surface area contributed by atoms with Crippen molar-refractivity contribution in [3.8, 4) is 5.75 Å². The first-order valence-electron chi connectivity index (χ1n) is 7.68. The van der Waals surface area contributed by atoms with Gasteiger partial charge >= 0.3 is 0 Å². The van der Waals surface area contributed by atoms with E-state index in [1.54, 1.807) is 12.1 Å². The number of hydrogen-bond acceptors (Lipinski definition) is 2. The van der Waals surface area contributed by atoms with E-state index in [1.807, 2.05) is 32.0 Å². The van der Waals surface area contributed by atoms with Gasteiger partial charge in [-0.2, -0.15) is 0 Å². The summed E-state index contributed by atoms with van der Waals surface area (Å²) < 4.78 is 18.5. The minimum Gasteiger partial charge on any atom is -0.491 e. The van der Waals surface area contributed by atoms with Crippen LogP contribution in [0.5, 0.6) is 5.75 Å². The zero-order valence-electron chi connectivity index (χ0n) is 13.7. The summed E-state index contributed by atoms with van der Waals surface area (Å²) in [6.07, 6.45) is 0.230. The van der Waals surface area contributed by atoms with Gasteiger partial charge in [-0.3, -0.25) is 4.79 Å². The maximum absolute atomic E-state index is 12.8. The van der Waals surface area contributed by atoms with Gasteiger partial charge in [-0.05, 0) is 61.7 Å². The molecule has 0 heterocycles. The molecule has 0 fully saturated rings. The summed E-state index contributed by atoms with van der Waals surface area (Å²) in [4.78, 5) is 12.0. The molecule has 2 aromatic rings. The zero-order chi connectivity index (χ0) is 16.8. The zero-order valence-corrected chi connectivity index (χ0v) is 13.7. The third kappa shape index (κ3) is 5.40. The second kappa shape index (κ2) is 7.77. The van der Waals surface area contributed by atoms with E-state index in [0.717, 1.165) is 11.3 Å². The van der Waals surface area contributed by atoms with E-state index in [2.05, 4.69) is 12.2 Å². The monoisotopic (exact) mass is 315 g/mol. The molecule has 1 atom stereocenters. The van der Waals surface area contributed by atoms with Crippen LogP contribution in [0.3, 0.4) is 0 Å². The van der Waals surface area contributed by atoms with Crippen molar-refractivity contribution in [2.24, 2.45) is 0 Å². The number of hydrogen-bond donors (Lipinski definition) is 1. The Bertz CT molecular complexity index is 668. The minimum atomic E-state index is -0.302. The second-order valence-electron chi connectivity index (χ2n) is 5.83. The van der Waals surface area contributed by atoms with E-state index >= 15 is 0 Å². The molecular formula is C19H22FNO2. The molecule has 0 radical (unpaired) electrons. The van der Waals surface area contributed by atoms with Crippen LogP contribution in [0.25, 0.3) is 0 Å². The molecule has 3 nitrogen and oxygen atoms in total. The number of amides is 1. The SMILES string of the molecule is Cc1ccc(OCC(C)NC(=O)Cc2ccc(F)cc2)cc1C. The Labute approximate surface area is 136 Å². The molecular weight excluding hydrogens is 293 g/mol. The molecule has 23 heavy (non-hydrogen) atoms. The molecule has 0 aromatic heterocycles. The quantitative estimate of drug-likeness (QED) is 0.885. The van der Waals surface area contributed by atoms with E-state index in [0.29, 0.717) is 6.61 Å². The van der Waals surface area contributed by atoms with E-state index in [1.165, 1.54) is 23.3 Å². The Balaban J connectivity index is 1.79. The first kappa shape index (κ1) is 17.0. The van der Waals surface area contributed by atoms with Gasteiger partial charge in [0.15, 0.2) is 0 Å². The lowest BCUT2D eigenvalue weighted by Gasteiger charge is -2.15. The number of rotatable bonds is 6. The van der Waals surface area contributed by atoms with Crippen molar-refractivity contribution in [1.29, 1.82) is 0 Å². The Morgan fingerprint density at radius 3 is 2.48 bits per heavy atom. The van der Waals surface area contributed by atoms with Crippen LogP contribution < -0.4 is 10.1 Å². The first-order valence-corrected chi connectivity index (χ1v) is 7.68. The third-order valence-corrected chi connectivity index (χ3v) is 3.66. The topological polar surface area (TPSA) is 38.3 Å². The fraction of sp³-hybridized carbons (Fsp3) is 0.316. The van der Waals surface area contributed by atoms with Gasteiger partial charge in [0, 0.05) is 0 Å². The van der Waals surface area contributed by atoms with E-state index < -0.39 is 0 Å². The Kier molecular flexibility index (Phi) is 5.74. The molecule has 2 rings (SSSR count). The highest BCUT2D eigenvalue weighted by Gasteiger charge is 2.09. The number of nitrogens with one attached hydrogen (secondary N) is 1. The standard InChI is InChI=1S/C19H22FNO2/c1-13-4-9-18(10-14(13)2)23-12-15(3)21-19(22)11-16-5-7-17(20)8-6-16/h4-10,15H,11-12H2,1-3H3,(H,21,22). The average molecular weight is 315 g/mol. The van der Waals surface area contributed by atoms with E-state index in [9.17, 15) is 9.18 Å². The van der Waals surface area contributed by atoms with Crippen molar-refractivity contribution in [1.82, 2.24) is 5.32 Å². The van der Waals surface area contributed by atoms with Gasteiger partial charge in [0.05, 0.1) is 12.5 Å². The second-order valence-corrected chi connectivity index (χ2v) is 5.83. The van der Waals surface area contributed by atoms with Gasteiger partial charge in [0.25, 0.3) is 0 Å². The van der Waals surface area contributed by atoms with Crippen LogP contribution in [0.2, 0.25) is 0 Å².